The first kappa shape index (κ1) is 35.4. The third-order valence-electron chi connectivity index (χ3n) is 10.0. The number of likely N-dealkylation sites (N-methyl/N-ethyl adjacent to an activating group) is 2. The van der Waals surface area contributed by atoms with E-state index in [4.69, 9.17) is 14.8 Å². The van der Waals surface area contributed by atoms with Crippen molar-refractivity contribution >= 4 is 33.2 Å². The quantitative estimate of drug-likeness (QED) is 0.189. The van der Waals surface area contributed by atoms with Crippen molar-refractivity contribution in [3.63, 3.8) is 0 Å². The van der Waals surface area contributed by atoms with Crippen molar-refractivity contribution in [2.45, 2.75) is 44.9 Å². The highest BCUT2D eigenvalue weighted by atomic mass is 32.1. The smallest absolute Gasteiger partial charge is 0.246 e. The number of aliphatic hydroxyl groups is 1. The first-order chi connectivity index (χ1) is 24.9. The van der Waals surface area contributed by atoms with Gasteiger partial charge in [-0.3, -0.25) is 19.2 Å². The summed E-state index contributed by atoms with van der Waals surface area (Å²) in [6.07, 6.45) is 1.88. The number of benzene rings is 2. The summed E-state index contributed by atoms with van der Waals surface area (Å²) in [7, 11) is 5.48. The summed E-state index contributed by atoms with van der Waals surface area (Å²) >= 11 is 1.40. The lowest BCUT2D eigenvalue weighted by Gasteiger charge is -2.36. The van der Waals surface area contributed by atoms with Crippen LogP contribution in [0.5, 0.6) is 5.75 Å². The van der Waals surface area contributed by atoms with Crippen LogP contribution in [0.15, 0.2) is 60.5 Å². The zero-order valence-corrected chi connectivity index (χ0v) is 30.5. The number of aliphatic hydroxyl groups excluding tert-OH is 1. The molecule has 2 aromatic carbocycles. The Morgan fingerprint density at radius 3 is 2.62 bits per heavy atom. The van der Waals surface area contributed by atoms with Crippen LogP contribution in [0.4, 0.5) is 8.78 Å². The number of aromatic nitrogens is 3. The molecule has 0 radical (unpaired) electrons. The van der Waals surface area contributed by atoms with Gasteiger partial charge in [-0.25, -0.2) is 13.8 Å². The van der Waals surface area contributed by atoms with Crippen LogP contribution in [0.1, 0.15) is 42.8 Å². The highest BCUT2D eigenvalue weighted by Gasteiger charge is 2.35. The maximum Gasteiger partial charge on any atom is 0.246 e. The molecule has 5 heterocycles. The van der Waals surface area contributed by atoms with Gasteiger partial charge < -0.3 is 19.6 Å². The normalized spacial score (nSPS) is 18.6. The molecule has 0 fully saturated rings. The molecular weight excluding hydrogens is 687 g/mol. The fraction of sp³-hybridized carbons (Fsp3) is 0.333. The summed E-state index contributed by atoms with van der Waals surface area (Å²) in [6.45, 7) is 8.04. The van der Waals surface area contributed by atoms with E-state index < -0.39 is 11.6 Å². The van der Waals surface area contributed by atoms with Crippen molar-refractivity contribution in [3.8, 4) is 39.5 Å². The topological polar surface area (TPSA) is 104 Å². The molecule has 13 heteroatoms. The number of pyridine rings is 1. The number of fused-ring (bicyclic) bond motifs is 3. The molecule has 2 aliphatic heterocycles. The van der Waals surface area contributed by atoms with E-state index >= 15 is 4.39 Å². The number of ether oxygens (including phenoxy) is 1. The Bertz CT molecular complexity index is 2230. The molecule has 0 saturated carbocycles. The minimum Gasteiger partial charge on any atom is -0.490 e. The molecule has 270 valence electrons. The van der Waals surface area contributed by atoms with Crippen molar-refractivity contribution in [1.29, 1.82) is 0 Å². The van der Waals surface area contributed by atoms with Gasteiger partial charge in [0.05, 0.1) is 41.7 Å². The fourth-order valence-corrected chi connectivity index (χ4v) is 8.38. The van der Waals surface area contributed by atoms with E-state index in [0.717, 1.165) is 39.9 Å². The Morgan fingerprint density at radius 2 is 1.88 bits per heavy atom. The van der Waals surface area contributed by atoms with E-state index in [0.29, 0.717) is 46.9 Å². The van der Waals surface area contributed by atoms with Crippen molar-refractivity contribution < 1.29 is 28.2 Å². The average molecular weight is 727 g/mol. The molecule has 2 amide bonds. The maximum atomic E-state index is 16.2. The predicted octanol–water partition coefficient (Wildman–Crippen LogP) is 6.24. The van der Waals surface area contributed by atoms with Gasteiger partial charge in [0.1, 0.15) is 35.4 Å². The van der Waals surface area contributed by atoms with Crippen LogP contribution in [0.25, 0.3) is 43.9 Å². The number of rotatable bonds is 8. The molecule has 2 aliphatic rings. The van der Waals surface area contributed by atoms with Crippen LogP contribution >= 0.6 is 11.3 Å². The zero-order valence-electron chi connectivity index (χ0n) is 29.7. The van der Waals surface area contributed by atoms with Gasteiger partial charge in [-0.2, -0.15) is 5.10 Å². The average Bonchev–Trinajstić information content (AvgIpc) is 3.80. The number of halogens is 2. The summed E-state index contributed by atoms with van der Waals surface area (Å²) in [5, 5.41) is 17.2. The summed E-state index contributed by atoms with van der Waals surface area (Å²) in [4.78, 5) is 36.4. The molecule has 3 unspecified atom stereocenters. The number of thiophene rings is 1. The number of carbonyl (C=O) groups excluding carboxylic acids is 2. The van der Waals surface area contributed by atoms with E-state index in [1.165, 1.54) is 17.4 Å². The highest BCUT2D eigenvalue weighted by molar-refractivity contribution is 7.18. The zero-order chi connectivity index (χ0) is 37.0. The molecular formula is C39H40F2N6O4S. The predicted molar refractivity (Wildman–Crippen MR) is 197 cm³/mol. The second-order valence-corrected chi connectivity index (χ2v) is 14.6. The Balaban J connectivity index is 1.46. The van der Waals surface area contributed by atoms with Crippen LogP contribution in [-0.4, -0.2) is 93.3 Å². The van der Waals surface area contributed by atoms with Gasteiger partial charge in [0.25, 0.3) is 0 Å². The lowest BCUT2D eigenvalue weighted by atomic mass is 9.90. The first-order valence-electron chi connectivity index (χ1n) is 17.1. The summed E-state index contributed by atoms with van der Waals surface area (Å²) in [5.74, 6) is -1.86. The van der Waals surface area contributed by atoms with Gasteiger partial charge in [-0.1, -0.05) is 18.7 Å². The molecule has 1 N–H and O–H groups in total. The summed E-state index contributed by atoms with van der Waals surface area (Å²) in [5.41, 5.74) is 5.64. The maximum absolute atomic E-state index is 16.2. The Hall–Kier alpha value is -4.98. The largest absolute Gasteiger partial charge is 0.490 e. The van der Waals surface area contributed by atoms with Crippen LogP contribution in [-0.2, 0) is 22.6 Å². The van der Waals surface area contributed by atoms with Gasteiger partial charge in [0, 0.05) is 60.5 Å². The Labute approximate surface area is 304 Å². The van der Waals surface area contributed by atoms with E-state index in [2.05, 4.69) is 17.5 Å². The molecule has 3 aromatic heterocycles. The third-order valence-corrected chi connectivity index (χ3v) is 11.0. The fourth-order valence-electron chi connectivity index (χ4n) is 7.43. The molecule has 3 atom stereocenters. The van der Waals surface area contributed by atoms with Gasteiger partial charge in [0.2, 0.25) is 11.8 Å². The van der Waals surface area contributed by atoms with Crippen molar-refractivity contribution in [1.82, 2.24) is 29.5 Å². The summed E-state index contributed by atoms with van der Waals surface area (Å²) in [6, 6.07) is 11.1. The molecule has 0 aliphatic carbocycles. The number of hydrogen-bond donors (Lipinski definition) is 1. The first-order valence-corrected chi connectivity index (χ1v) is 18.0. The highest BCUT2D eigenvalue weighted by Crippen LogP contribution is 2.48. The SMILES string of the molecule is C=CC(=O)N1CC(C)n2nc(-c3nc(-c4ccc5c(c4)CN(C)C(C(=O)N(C)C)C5)c4ccsc4c3-c3c(F)cc(F)cc3OCCO)cc2C1C. The lowest BCUT2D eigenvalue weighted by Crippen LogP contribution is -2.48. The van der Waals surface area contributed by atoms with E-state index in [-0.39, 0.29) is 54.5 Å². The Kier molecular flexibility index (Phi) is 9.45. The van der Waals surface area contributed by atoms with Crippen molar-refractivity contribution in [3.05, 3.63) is 89.0 Å². The lowest BCUT2D eigenvalue weighted by molar-refractivity contribution is -0.134. The molecule has 0 bridgehead atoms. The van der Waals surface area contributed by atoms with Crippen molar-refractivity contribution in [2.75, 3.05) is 40.9 Å². The third kappa shape index (κ3) is 6.06. The second-order valence-electron chi connectivity index (χ2n) is 13.7. The minimum absolute atomic E-state index is 0.00977. The van der Waals surface area contributed by atoms with Gasteiger partial charge in [-0.15, -0.1) is 11.3 Å². The summed E-state index contributed by atoms with van der Waals surface area (Å²) < 4.78 is 39.2. The number of amides is 2. The van der Waals surface area contributed by atoms with Crippen LogP contribution in [0.2, 0.25) is 0 Å². The monoisotopic (exact) mass is 726 g/mol. The second kappa shape index (κ2) is 13.9. The van der Waals surface area contributed by atoms with E-state index in [1.54, 1.807) is 23.9 Å². The Morgan fingerprint density at radius 1 is 1.10 bits per heavy atom. The molecule has 0 saturated heterocycles. The number of hydrogen-bond acceptors (Lipinski definition) is 8. The van der Waals surface area contributed by atoms with E-state index in [9.17, 15) is 19.1 Å². The number of carbonyl (C=O) groups is 2. The van der Waals surface area contributed by atoms with Gasteiger partial charge in [0.15, 0.2) is 0 Å². The minimum atomic E-state index is -0.842. The molecule has 52 heavy (non-hydrogen) atoms. The molecule has 10 nitrogen and oxygen atoms in total. The molecule has 0 spiro atoms. The standard InChI is InChI=1S/C39H40F2N6O4S/c1-7-33(49)46-19-21(2)47-30(22(46)3)18-29(43-47)37-35(34-28(41)16-26(40)17-32(34)51-12-11-48)38-27(10-13-52-38)36(42-37)24-9-8-23-15-31(39(50)44(4)5)45(6)20-25(23)14-24/h7-10,13-14,16-18,21-22,31,48H,1,11-12,15,19-20H2,2-6H3. The molecule has 5 aromatic rings. The van der Waals surface area contributed by atoms with Gasteiger partial charge >= 0.3 is 0 Å². The van der Waals surface area contributed by atoms with E-state index in [1.807, 2.05) is 55.2 Å². The van der Waals surface area contributed by atoms with Crippen LogP contribution < -0.4 is 4.74 Å². The molecule has 7 rings (SSSR count). The van der Waals surface area contributed by atoms with Crippen molar-refractivity contribution in [2.24, 2.45) is 0 Å². The van der Waals surface area contributed by atoms with Crippen LogP contribution in [0.3, 0.4) is 0 Å². The van der Waals surface area contributed by atoms with Crippen LogP contribution in [0, 0.1) is 11.6 Å². The van der Waals surface area contributed by atoms with Gasteiger partial charge in [-0.05, 0) is 68.1 Å². The number of nitrogens with zero attached hydrogens (tertiary/aromatic N) is 6.